The first-order valence-corrected chi connectivity index (χ1v) is 6.11. The number of piperazine rings is 1. The smallest absolute Gasteiger partial charge is 0.124 e. The van der Waals surface area contributed by atoms with E-state index in [0.717, 1.165) is 45.0 Å². The van der Waals surface area contributed by atoms with Crippen LogP contribution in [0, 0.1) is 0 Å². The average molecular weight is 218 g/mol. The Morgan fingerprint density at radius 1 is 1.19 bits per heavy atom. The summed E-state index contributed by atoms with van der Waals surface area (Å²) >= 11 is 0. The predicted molar refractivity (Wildman–Crippen MR) is 63.7 cm³/mol. The highest BCUT2D eigenvalue weighted by Gasteiger charge is 2.27. The molecule has 86 valence electrons. The summed E-state index contributed by atoms with van der Waals surface area (Å²) in [5.41, 5.74) is 1.37. The van der Waals surface area contributed by atoms with Gasteiger partial charge in [0.2, 0.25) is 0 Å². The molecule has 0 radical (unpaired) electrons. The molecule has 1 N–H and O–H groups in total. The fourth-order valence-corrected chi connectivity index (χ4v) is 2.70. The molecule has 2 heterocycles. The first-order chi connectivity index (χ1) is 7.95. The molecule has 2 aliphatic rings. The summed E-state index contributed by atoms with van der Waals surface area (Å²) in [5, 5.41) is 3.40. The van der Waals surface area contributed by atoms with Crippen molar-refractivity contribution in [1.82, 2.24) is 10.2 Å². The Labute approximate surface area is 96.4 Å². The number of rotatable bonds is 1. The molecule has 0 spiro atoms. The van der Waals surface area contributed by atoms with E-state index in [1.54, 1.807) is 0 Å². The molecule has 0 aromatic heterocycles. The van der Waals surface area contributed by atoms with Gasteiger partial charge in [-0.3, -0.25) is 4.90 Å². The van der Waals surface area contributed by atoms with Crippen molar-refractivity contribution in [3.8, 4) is 5.75 Å². The molecule has 0 unspecified atom stereocenters. The van der Waals surface area contributed by atoms with E-state index in [4.69, 9.17) is 4.74 Å². The van der Waals surface area contributed by atoms with Gasteiger partial charge in [-0.25, -0.2) is 0 Å². The van der Waals surface area contributed by atoms with Crippen molar-refractivity contribution in [2.45, 2.75) is 12.5 Å². The van der Waals surface area contributed by atoms with Crippen LogP contribution < -0.4 is 10.1 Å². The highest BCUT2D eigenvalue weighted by atomic mass is 16.5. The number of nitrogens with one attached hydrogen (secondary N) is 1. The third-order valence-corrected chi connectivity index (χ3v) is 3.52. The van der Waals surface area contributed by atoms with Crippen molar-refractivity contribution in [3.05, 3.63) is 29.8 Å². The molecule has 1 atom stereocenters. The normalized spacial score (nSPS) is 25.9. The van der Waals surface area contributed by atoms with E-state index < -0.39 is 0 Å². The van der Waals surface area contributed by atoms with Gasteiger partial charge in [0.1, 0.15) is 5.75 Å². The van der Waals surface area contributed by atoms with E-state index in [1.165, 1.54) is 5.56 Å². The minimum absolute atomic E-state index is 0.562. The average Bonchev–Trinajstić information content (AvgIpc) is 2.39. The molecule has 2 aliphatic heterocycles. The minimum Gasteiger partial charge on any atom is -0.493 e. The lowest BCUT2D eigenvalue weighted by molar-refractivity contribution is 0.126. The molecular weight excluding hydrogens is 200 g/mol. The lowest BCUT2D eigenvalue weighted by Gasteiger charge is -2.38. The van der Waals surface area contributed by atoms with Crippen molar-refractivity contribution in [3.63, 3.8) is 0 Å². The van der Waals surface area contributed by atoms with E-state index in [0.29, 0.717) is 6.04 Å². The molecule has 1 aromatic carbocycles. The SMILES string of the molecule is c1ccc2c(c1)OCC[C@H]2N1CCNCC1. The van der Waals surface area contributed by atoms with Gasteiger partial charge < -0.3 is 10.1 Å². The second kappa shape index (κ2) is 4.44. The number of ether oxygens (including phenoxy) is 1. The fraction of sp³-hybridized carbons (Fsp3) is 0.538. The molecule has 0 aliphatic carbocycles. The molecule has 3 heteroatoms. The molecule has 3 nitrogen and oxygen atoms in total. The van der Waals surface area contributed by atoms with Crippen LogP contribution in [-0.4, -0.2) is 37.7 Å². The lowest BCUT2D eigenvalue weighted by atomic mass is 9.98. The number of nitrogens with zero attached hydrogens (tertiary/aromatic N) is 1. The largest absolute Gasteiger partial charge is 0.493 e. The Kier molecular flexibility index (Phi) is 2.80. The summed E-state index contributed by atoms with van der Waals surface area (Å²) in [5.74, 6) is 1.08. The van der Waals surface area contributed by atoms with E-state index >= 15 is 0 Å². The van der Waals surface area contributed by atoms with E-state index in [2.05, 4.69) is 34.5 Å². The number of para-hydroxylation sites is 1. The van der Waals surface area contributed by atoms with Crippen molar-refractivity contribution in [1.29, 1.82) is 0 Å². The van der Waals surface area contributed by atoms with Crippen LogP contribution in [0.2, 0.25) is 0 Å². The number of hydrogen-bond acceptors (Lipinski definition) is 3. The van der Waals surface area contributed by atoms with Gasteiger partial charge in [0.05, 0.1) is 6.61 Å². The fourth-order valence-electron chi connectivity index (χ4n) is 2.70. The van der Waals surface area contributed by atoms with Gasteiger partial charge in [-0.15, -0.1) is 0 Å². The lowest BCUT2D eigenvalue weighted by Crippen LogP contribution is -2.46. The quantitative estimate of drug-likeness (QED) is 0.771. The van der Waals surface area contributed by atoms with Crippen molar-refractivity contribution in [2.75, 3.05) is 32.8 Å². The highest BCUT2D eigenvalue weighted by molar-refractivity contribution is 5.37. The molecular formula is C13H18N2O. The maximum atomic E-state index is 5.70. The van der Waals surface area contributed by atoms with Gasteiger partial charge in [0.25, 0.3) is 0 Å². The van der Waals surface area contributed by atoms with Crippen LogP contribution in [-0.2, 0) is 0 Å². The zero-order chi connectivity index (χ0) is 10.8. The summed E-state index contributed by atoms with van der Waals surface area (Å²) in [6.07, 6.45) is 1.12. The zero-order valence-corrected chi connectivity index (χ0v) is 9.48. The Balaban J connectivity index is 1.86. The number of hydrogen-bond donors (Lipinski definition) is 1. The molecule has 0 saturated carbocycles. The number of fused-ring (bicyclic) bond motifs is 1. The summed E-state index contributed by atoms with van der Waals surface area (Å²) in [7, 11) is 0. The first kappa shape index (κ1) is 10.1. The van der Waals surface area contributed by atoms with Crippen LogP contribution in [0.5, 0.6) is 5.75 Å². The standard InChI is InChI=1S/C13H18N2O/c1-2-4-13-11(3-1)12(5-10-16-13)15-8-6-14-7-9-15/h1-4,12,14H,5-10H2/t12-/m1/s1. The second-order valence-corrected chi connectivity index (χ2v) is 4.48. The second-order valence-electron chi connectivity index (χ2n) is 4.48. The minimum atomic E-state index is 0.562. The predicted octanol–water partition coefficient (Wildman–Crippen LogP) is 1.42. The maximum Gasteiger partial charge on any atom is 0.124 e. The third kappa shape index (κ3) is 1.81. The monoisotopic (exact) mass is 218 g/mol. The third-order valence-electron chi connectivity index (χ3n) is 3.52. The molecule has 1 saturated heterocycles. The van der Waals surface area contributed by atoms with Crippen LogP contribution in [0.3, 0.4) is 0 Å². The Bertz CT molecular complexity index is 361. The zero-order valence-electron chi connectivity index (χ0n) is 9.48. The Morgan fingerprint density at radius 2 is 2.00 bits per heavy atom. The van der Waals surface area contributed by atoms with E-state index in [-0.39, 0.29) is 0 Å². The Morgan fingerprint density at radius 3 is 2.88 bits per heavy atom. The molecule has 0 amide bonds. The topological polar surface area (TPSA) is 24.5 Å². The maximum absolute atomic E-state index is 5.70. The van der Waals surface area contributed by atoms with Gasteiger partial charge in [-0.05, 0) is 6.07 Å². The van der Waals surface area contributed by atoms with Crippen LogP contribution in [0.4, 0.5) is 0 Å². The van der Waals surface area contributed by atoms with Crippen LogP contribution >= 0.6 is 0 Å². The summed E-state index contributed by atoms with van der Waals surface area (Å²) in [6.45, 7) is 5.38. The molecule has 16 heavy (non-hydrogen) atoms. The van der Waals surface area contributed by atoms with Gasteiger partial charge in [-0.1, -0.05) is 18.2 Å². The summed E-state index contributed by atoms with van der Waals surface area (Å²) in [4.78, 5) is 2.58. The molecule has 0 bridgehead atoms. The van der Waals surface area contributed by atoms with Crippen LogP contribution in [0.1, 0.15) is 18.0 Å². The number of benzene rings is 1. The van der Waals surface area contributed by atoms with Gasteiger partial charge in [-0.2, -0.15) is 0 Å². The van der Waals surface area contributed by atoms with Crippen molar-refractivity contribution < 1.29 is 4.74 Å². The summed E-state index contributed by atoms with van der Waals surface area (Å²) in [6, 6.07) is 9.03. The van der Waals surface area contributed by atoms with Gasteiger partial charge >= 0.3 is 0 Å². The van der Waals surface area contributed by atoms with Crippen LogP contribution in [0.25, 0.3) is 0 Å². The van der Waals surface area contributed by atoms with E-state index in [9.17, 15) is 0 Å². The Hall–Kier alpha value is -1.06. The highest BCUT2D eigenvalue weighted by Crippen LogP contribution is 2.35. The summed E-state index contributed by atoms with van der Waals surface area (Å²) < 4.78 is 5.70. The van der Waals surface area contributed by atoms with Crippen molar-refractivity contribution >= 4 is 0 Å². The van der Waals surface area contributed by atoms with Gasteiger partial charge in [0, 0.05) is 44.2 Å². The van der Waals surface area contributed by atoms with Gasteiger partial charge in [0.15, 0.2) is 0 Å². The first-order valence-electron chi connectivity index (χ1n) is 6.11. The molecule has 1 fully saturated rings. The molecule has 1 aromatic rings. The van der Waals surface area contributed by atoms with Crippen molar-refractivity contribution in [2.24, 2.45) is 0 Å². The van der Waals surface area contributed by atoms with Crippen LogP contribution in [0.15, 0.2) is 24.3 Å². The molecule has 3 rings (SSSR count). The van der Waals surface area contributed by atoms with E-state index in [1.807, 2.05) is 0 Å².